The molecule has 144 valence electrons. The van der Waals surface area contributed by atoms with Gasteiger partial charge in [0.25, 0.3) is 0 Å². The third-order valence-electron chi connectivity index (χ3n) is 5.74. The molecule has 2 aliphatic heterocycles. The van der Waals surface area contributed by atoms with Crippen molar-refractivity contribution in [2.24, 2.45) is 10.9 Å². The summed E-state index contributed by atoms with van der Waals surface area (Å²) in [5.74, 6) is 1.38. The lowest BCUT2D eigenvalue weighted by Gasteiger charge is -2.33. The van der Waals surface area contributed by atoms with Crippen LogP contribution in [0.3, 0.4) is 0 Å². The second kappa shape index (κ2) is 9.93. The molecule has 26 heavy (non-hydrogen) atoms. The molecule has 2 N–H and O–H groups in total. The summed E-state index contributed by atoms with van der Waals surface area (Å²) in [7, 11) is 1.85. The highest BCUT2D eigenvalue weighted by molar-refractivity contribution is 5.79. The van der Waals surface area contributed by atoms with Crippen LogP contribution in [0.1, 0.15) is 44.3 Å². The van der Waals surface area contributed by atoms with Crippen LogP contribution in [0.25, 0.3) is 0 Å². The van der Waals surface area contributed by atoms with Crippen molar-refractivity contribution in [1.82, 2.24) is 15.5 Å². The predicted octanol–water partition coefficient (Wildman–Crippen LogP) is 2.80. The summed E-state index contributed by atoms with van der Waals surface area (Å²) in [6.07, 6.45) is 5.10. The van der Waals surface area contributed by atoms with Gasteiger partial charge < -0.3 is 15.4 Å². The lowest BCUT2D eigenvalue weighted by molar-refractivity contribution is -0.0265. The van der Waals surface area contributed by atoms with Crippen LogP contribution in [-0.2, 0) is 4.74 Å². The topological polar surface area (TPSA) is 48.9 Å². The first-order valence-corrected chi connectivity index (χ1v) is 10.2. The molecule has 2 aliphatic rings. The molecule has 2 fully saturated rings. The lowest BCUT2D eigenvalue weighted by atomic mass is 9.89. The van der Waals surface area contributed by atoms with E-state index in [0.717, 1.165) is 38.6 Å². The Balaban J connectivity index is 1.50. The third-order valence-corrected chi connectivity index (χ3v) is 5.74. The van der Waals surface area contributed by atoms with Crippen molar-refractivity contribution in [3.63, 3.8) is 0 Å². The van der Waals surface area contributed by atoms with E-state index in [-0.39, 0.29) is 6.10 Å². The van der Waals surface area contributed by atoms with Crippen LogP contribution in [0.15, 0.2) is 35.3 Å². The van der Waals surface area contributed by atoms with Crippen LogP contribution >= 0.6 is 0 Å². The maximum Gasteiger partial charge on any atom is 0.191 e. The van der Waals surface area contributed by atoms with Gasteiger partial charge >= 0.3 is 0 Å². The first-order valence-electron chi connectivity index (χ1n) is 10.2. The van der Waals surface area contributed by atoms with Crippen LogP contribution in [0.4, 0.5) is 0 Å². The average molecular weight is 359 g/mol. The van der Waals surface area contributed by atoms with Gasteiger partial charge in [-0.3, -0.25) is 9.89 Å². The molecule has 3 unspecified atom stereocenters. The summed E-state index contributed by atoms with van der Waals surface area (Å²) in [4.78, 5) is 6.97. The van der Waals surface area contributed by atoms with Crippen molar-refractivity contribution in [3.05, 3.63) is 35.9 Å². The number of nitrogens with zero attached hydrogens (tertiary/aromatic N) is 2. The molecule has 0 aromatic heterocycles. The number of rotatable bonds is 6. The largest absolute Gasteiger partial charge is 0.373 e. The molecular formula is C21H34N4O. The number of nitrogens with one attached hydrogen (secondary N) is 2. The van der Waals surface area contributed by atoms with Gasteiger partial charge in [0.05, 0.1) is 6.10 Å². The molecule has 2 heterocycles. The van der Waals surface area contributed by atoms with Gasteiger partial charge in [-0.05, 0) is 44.3 Å². The van der Waals surface area contributed by atoms with E-state index >= 15 is 0 Å². The van der Waals surface area contributed by atoms with E-state index in [1.165, 1.54) is 31.4 Å². The van der Waals surface area contributed by atoms with Gasteiger partial charge in [-0.25, -0.2) is 0 Å². The number of ether oxygens (including phenoxy) is 1. The predicted molar refractivity (Wildman–Crippen MR) is 107 cm³/mol. The lowest BCUT2D eigenvalue weighted by Crippen LogP contribution is -2.46. The van der Waals surface area contributed by atoms with Gasteiger partial charge in [0, 0.05) is 38.7 Å². The number of hydrogen-bond donors (Lipinski definition) is 2. The van der Waals surface area contributed by atoms with E-state index in [9.17, 15) is 0 Å². The molecule has 3 rings (SSSR count). The number of aliphatic imine (C=N–C) groups is 1. The molecule has 0 spiro atoms. The highest BCUT2D eigenvalue weighted by Crippen LogP contribution is 2.33. The van der Waals surface area contributed by atoms with E-state index in [0.29, 0.717) is 12.0 Å². The van der Waals surface area contributed by atoms with Gasteiger partial charge in [-0.1, -0.05) is 37.3 Å². The number of benzene rings is 1. The molecule has 0 saturated carbocycles. The maximum atomic E-state index is 6.11. The molecule has 2 saturated heterocycles. The van der Waals surface area contributed by atoms with Crippen LogP contribution < -0.4 is 10.6 Å². The minimum Gasteiger partial charge on any atom is -0.373 e. The number of likely N-dealkylation sites (N-methyl/N-ethyl adjacent to an activating group) is 1. The van der Waals surface area contributed by atoms with E-state index in [4.69, 9.17) is 4.74 Å². The molecule has 0 radical (unpaired) electrons. The van der Waals surface area contributed by atoms with E-state index in [1.807, 2.05) is 7.05 Å². The number of likely N-dealkylation sites (tertiary alicyclic amines) is 1. The number of guanidine groups is 1. The fourth-order valence-corrected chi connectivity index (χ4v) is 4.27. The third kappa shape index (κ3) is 4.98. The second-order valence-electron chi connectivity index (χ2n) is 7.36. The Labute approximate surface area is 158 Å². The molecule has 5 heteroatoms. The van der Waals surface area contributed by atoms with Gasteiger partial charge in [-0.2, -0.15) is 0 Å². The van der Waals surface area contributed by atoms with Crippen molar-refractivity contribution < 1.29 is 4.74 Å². The molecule has 3 atom stereocenters. The summed E-state index contributed by atoms with van der Waals surface area (Å²) in [6.45, 7) is 7.33. The summed E-state index contributed by atoms with van der Waals surface area (Å²) in [5, 5.41) is 7.06. The average Bonchev–Trinajstić information content (AvgIpc) is 3.16. The van der Waals surface area contributed by atoms with Gasteiger partial charge in [0.15, 0.2) is 5.96 Å². The monoisotopic (exact) mass is 358 g/mol. The van der Waals surface area contributed by atoms with Gasteiger partial charge in [-0.15, -0.1) is 0 Å². The van der Waals surface area contributed by atoms with Crippen molar-refractivity contribution in [3.8, 4) is 0 Å². The van der Waals surface area contributed by atoms with E-state index < -0.39 is 0 Å². The Morgan fingerprint density at radius 3 is 2.73 bits per heavy atom. The van der Waals surface area contributed by atoms with Gasteiger partial charge in [0.2, 0.25) is 0 Å². The highest BCUT2D eigenvalue weighted by Gasteiger charge is 2.28. The molecular weight excluding hydrogens is 324 g/mol. The van der Waals surface area contributed by atoms with Crippen molar-refractivity contribution >= 4 is 5.96 Å². The Kier molecular flexibility index (Phi) is 7.32. The van der Waals surface area contributed by atoms with Gasteiger partial charge in [0.1, 0.15) is 0 Å². The zero-order valence-electron chi connectivity index (χ0n) is 16.3. The minimum atomic E-state index is 0.181. The quantitative estimate of drug-likeness (QED) is 0.606. The highest BCUT2D eigenvalue weighted by atomic mass is 16.5. The van der Waals surface area contributed by atoms with Crippen LogP contribution in [0.2, 0.25) is 0 Å². The number of hydrogen-bond acceptors (Lipinski definition) is 3. The summed E-state index contributed by atoms with van der Waals surface area (Å²) in [5.41, 5.74) is 1.28. The Bertz CT molecular complexity index is 562. The van der Waals surface area contributed by atoms with E-state index in [2.05, 4.69) is 57.8 Å². The fourth-order valence-electron chi connectivity index (χ4n) is 4.27. The second-order valence-corrected chi connectivity index (χ2v) is 7.36. The van der Waals surface area contributed by atoms with Crippen LogP contribution in [-0.4, -0.2) is 56.7 Å². The molecule has 1 aromatic rings. The molecule has 0 amide bonds. The van der Waals surface area contributed by atoms with E-state index in [1.54, 1.807) is 0 Å². The Hall–Kier alpha value is -1.59. The molecule has 1 aromatic carbocycles. The summed E-state index contributed by atoms with van der Waals surface area (Å²) >= 11 is 0. The molecule has 5 nitrogen and oxygen atoms in total. The zero-order chi connectivity index (χ0) is 18.2. The van der Waals surface area contributed by atoms with Crippen LogP contribution in [0, 0.1) is 5.92 Å². The van der Waals surface area contributed by atoms with Crippen molar-refractivity contribution in [2.75, 3.05) is 39.8 Å². The first kappa shape index (κ1) is 19.2. The molecule has 0 aliphatic carbocycles. The van der Waals surface area contributed by atoms with Crippen molar-refractivity contribution in [2.45, 2.75) is 44.8 Å². The molecule has 0 bridgehead atoms. The standard InChI is InChI=1S/C21H34N4O/c1-3-25-13-7-12-19(25)16-24-21(22-2)23-15-18-11-8-14-26-20(18)17-9-5-4-6-10-17/h4-6,9-10,18-20H,3,7-8,11-16H2,1-2H3,(H2,22,23,24). The first-order chi connectivity index (χ1) is 12.8. The Morgan fingerprint density at radius 1 is 1.15 bits per heavy atom. The van der Waals surface area contributed by atoms with Crippen molar-refractivity contribution in [1.29, 1.82) is 0 Å². The zero-order valence-corrected chi connectivity index (χ0v) is 16.3. The summed E-state index contributed by atoms with van der Waals surface area (Å²) < 4.78 is 6.11. The smallest absolute Gasteiger partial charge is 0.191 e. The summed E-state index contributed by atoms with van der Waals surface area (Å²) in [6, 6.07) is 11.2. The Morgan fingerprint density at radius 2 is 1.96 bits per heavy atom. The maximum absolute atomic E-state index is 6.11. The minimum absolute atomic E-state index is 0.181. The van der Waals surface area contributed by atoms with Crippen LogP contribution in [0.5, 0.6) is 0 Å². The normalized spacial score (nSPS) is 27.5. The fraction of sp³-hybridized carbons (Fsp3) is 0.667. The SMILES string of the molecule is CCN1CCCC1CNC(=NC)NCC1CCCOC1c1ccccc1.